The number of carbonyl (C=O) groups is 1. The number of aromatic nitrogens is 2. The van der Waals surface area contributed by atoms with Crippen LogP contribution in [0, 0.1) is 11.8 Å². The number of esters is 1. The normalized spacial score (nSPS) is 8.67. The van der Waals surface area contributed by atoms with Gasteiger partial charge in [-0.25, -0.2) is 9.78 Å². The molecule has 1 rings (SSSR count). The van der Waals surface area contributed by atoms with E-state index in [0.29, 0.717) is 12.4 Å². The van der Waals surface area contributed by atoms with Gasteiger partial charge in [0.05, 0.1) is 26.0 Å². The largest absolute Gasteiger partial charge is 0.464 e. The lowest BCUT2D eigenvalue weighted by Gasteiger charge is -2.02. The van der Waals surface area contributed by atoms with Crippen molar-refractivity contribution < 1.29 is 9.53 Å². The summed E-state index contributed by atoms with van der Waals surface area (Å²) in [5.41, 5.74) is 0.173. The number of ether oxygens (including phenoxy) is 1. The zero-order valence-corrected chi connectivity index (χ0v) is 8.57. The summed E-state index contributed by atoms with van der Waals surface area (Å²) in [5.74, 6) is 5.54. The molecule has 0 aliphatic carbocycles. The third-order valence-corrected chi connectivity index (χ3v) is 1.56. The van der Waals surface area contributed by atoms with Gasteiger partial charge in [-0.05, 0) is 6.92 Å². The van der Waals surface area contributed by atoms with Crippen molar-refractivity contribution in [3.05, 3.63) is 18.1 Å². The number of nitrogens with zero attached hydrogens (tertiary/aromatic N) is 2. The molecule has 1 aromatic heterocycles. The van der Waals surface area contributed by atoms with E-state index in [4.69, 9.17) is 0 Å². The van der Waals surface area contributed by atoms with Gasteiger partial charge < -0.3 is 10.1 Å². The maximum atomic E-state index is 11.1. The fourth-order valence-electron chi connectivity index (χ4n) is 0.877. The van der Waals surface area contributed by atoms with E-state index in [2.05, 4.69) is 31.9 Å². The van der Waals surface area contributed by atoms with Crippen LogP contribution in [0.1, 0.15) is 17.4 Å². The number of hydrogen-bond donors (Lipinski definition) is 1. The fourth-order valence-corrected chi connectivity index (χ4v) is 0.877. The van der Waals surface area contributed by atoms with Crippen molar-refractivity contribution in [2.24, 2.45) is 0 Å². The highest BCUT2D eigenvalue weighted by molar-refractivity contribution is 5.87. The molecule has 5 heteroatoms. The maximum absolute atomic E-state index is 11.1. The maximum Gasteiger partial charge on any atom is 0.358 e. The van der Waals surface area contributed by atoms with E-state index in [9.17, 15) is 4.79 Å². The van der Waals surface area contributed by atoms with Crippen molar-refractivity contribution in [1.82, 2.24) is 9.97 Å². The summed E-state index contributed by atoms with van der Waals surface area (Å²) in [6.45, 7) is 2.22. The molecular weight excluding hydrogens is 194 g/mol. The van der Waals surface area contributed by atoms with Crippen LogP contribution in [-0.4, -0.2) is 29.6 Å². The molecular formula is C10H11N3O2. The highest BCUT2D eigenvalue weighted by atomic mass is 16.5. The Balaban J connectivity index is 2.72. The van der Waals surface area contributed by atoms with Gasteiger partial charge >= 0.3 is 5.97 Å². The van der Waals surface area contributed by atoms with Crippen LogP contribution in [-0.2, 0) is 4.74 Å². The Bertz CT molecular complexity index is 407. The van der Waals surface area contributed by atoms with Gasteiger partial charge in [-0.3, -0.25) is 4.98 Å². The van der Waals surface area contributed by atoms with Crippen molar-refractivity contribution in [3.63, 3.8) is 0 Å². The molecule has 0 spiro atoms. The van der Waals surface area contributed by atoms with Crippen LogP contribution in [0.3, 0.4) is 0 Å². The molecule has 0 radical (unpaired) electrons. The van der Waals surface area contributed by atoms with Crippen LogP contribution >= 0.6 is 0 Å². The molecule has 0 aliphatic rings. The summed E-state index contributed by atoms with van der Waals surface area (Å²) in [6.07, 6.45) is 2.87. The zero-order chi connectivity index (χ0) is 11.1. The van der Waals surface area contributed by atoms with E-state index in [0.717, 1.165) is 0 Å². The molecule has 1 aromatic rings. The van der Waals surface area contributed by atoms with E-state index in [1.54, 1.807) is 6.92 Å². The molecule has 0 bridgehead atoms. The predicted molar refractivity (Wildman–Crippen MR) is 55.3 cm³/mol. The lowest BCUT2D eigenvalue weighted by Crippen LogP contribution is -2.08. The van der Waals surface area contributed by atoms with E-state index < -0.39 is 5.97 Å². The van der Waals surface area contributed by atoms with Gasteiger partial charge in [-0.1, -0.05) is 5.92 Å². The molecule has 0 saturated carbocycles. The van der Waals surface area contributed by atoms with E-state index in [1.165, 1.54) is 19.5 Å². The first-order valence-electron chi connectivity index (χ1n) is 4.31. The first kappa shape index (κ1) is 11.0. The number of carbonyl (C=O) groups excluding carboxylic acids is 1. The SMILES string of the molecule is CC#CCNc1cncc(C(=O)OC)n1. The van der Waals surface area contributed by atoms with Crippen molar-refractivity contribution in [1.29, 1.82) is 0 Å². The molecule has 1 N–H and O–H groups in total. The molecule has 0 saturated heterocycles. The van der Waals surface area contributed by atoms with Gasteiger partial charge in [0.1, 0.15) is 5.82 Å². The molecule has 0 atom stereocenters. The summed E-state index contributed by atoms with van der Waals surface area (Å²) in [4.78, 5) is 19.0. The summed E-state index contributed by atoms with van der Waals surface area (Å²) in [7, 11) is 1.30. The number of anilines is 1. The average molecular weight is 205 g/mol. The van der Waals surface area contributed by atoms with Gasteiger partial charge in [0.15, 0.2) is 5.69 Å². The van der Waals surface area contributed by atoms with Crippen molar-refractivity contribution in [3.8, 4) is 11.8 Å². The molecule has 5 nitrogen and oxygen atoms in total. The monoisotopic (exact) mass is 205 g/mol. The molecule has 0 amide bonds. The topological polar surface area (TPSA) is 64.1 Å². The van der Waals surface area contributed by atoms with Crippen LogP contribution in [0.15, 0.2) is 12.4 Å². The zero-order valence-electron chi connectivity index (χ0n) is 8.57. The van der Waals surface area contributed by atoms with Crippen LogP contribution in [0.25, 0.3) is 0 Å². The van der Waals surface area contributed by atoms with Crippen molar-refractivity contribution in [2.45, 2.75) is 6.92 Å². The molecule has 0 fully saturated rings. The molecule has 15 heavy (non-hydrogen) atoms. The highest BCUT2D eigenvalue weighted by Gasteiger charge is 2.07. The second-order valence-corrected chi connectivity index (χ2v) is 2.56. The van der Waals surface area contributed by atoms with E-state index in [1.807, 2.05) is 0 Å². The molecule has 1 heterocycles. The minimum Gasteiger partial charge on any atom is -0.464 e. The first-order valence-corrected chi connectivity index (χ1v) is 4.31. The Morgan fingerprint density at radius 3 is 3.07 bits per heavy atom. The number of methoxy groups -OCH3 is 1. The van der Waals surface area contributed by atoms with Gasteiger partial charge in [-0.15, -0.1) is 5.92 Å². The summed E-state index contributed by atoms with van der Waals surface area (Å²) < 4.78 is 4.52. The quantitative estimate of drug-likeness (QED) is 0.581. The van der Waals surface area contributed by atoms with Gasteiger partial charge in [-0.2, -0.15) is 0 Å². The Morgan fingerprint density at radius 1 is 1.60 bits per heavy atom. The summed E-state index contributed by atoms with van der Waals surface area (Å²) in [5, 5.41) is 2.91. The standard InChI is InChI=1S/C10H11N3O2/c1-3-4-5-12-9-7-11-6-8(13-9)10(14)15-2/h6-7H,5H2,1-2H3,(H,12,13). The summed E-state index contributed by atoms with van der Waals surface area (Å²) >= 11 is 0. The van der Waals surface area contributed by atoms with Crippen LogP contribution in [0.2, 0.25) is 0 Å². The third kappa shape index (κ3) is 3.27. The molecule has 0 aromatic carbocycles. The van der Waals surface area contributed by atoms with Crippen LogP contribution in [0.5, 0.6) is 0 Å². The average Bonchev–Trinajstić information content (AvgIpc) is 2.29. The predicted octanol–water partition coefficient (Wildman–Crippen LogP) is 0.698. The molecule has 0 aliphatic heterocycles. The fraction of sp³-hybridized carbons (Fsp3) is 0.300. The lowest BCUT2D eigenvalue weighted by atomic mass is 10.4. The minimum atomic E-state index is -0.507. The highest BCUT2D eigenvalue weighted by Crippen LogP contribution is 2.02. The Hall–Kier alpha value is -2.09. The first-order chi connectivity index (χ1) is 7.27. The Morgan fingerprint density at radius 2 is 2.40 bits per heavy atom. The van der Waals surface area contributed by atoms with Gasteiger partial charge in [0.25, 0.3) is 0 Å². The van der Waals surface area contributed by atoms with Crippen molar-refractivity contribution in [2.75, 3.05) is 19.0 Å². The number of hydrogen-bond acceptors (Lipinski definition) is 5. The minimum absolute atomic E-state index is 0.173. The number of nitrogens with one attached hydrogen (secondary N) is 1. The lowest BCUT2D eigenvalue weighted by molar-refractivity contribution is 0.0593. The third-order valence-electron chi connectivity index (χ3n) is 1.56. The molecule has 78 valence electrons. The second-order valence-electron chi connectivity index (χ2n) is 2.56. The second kappa shape index (κ2) is 5.60. The smallest absolute Gasteiger partial charge is 0.358 e. The van der Waals surface area contributed by atoms with Crippen LogP contribution < -0.4 is 5.32 Å². The van der Waals surface area contributed by atoms with E-state index in [-0.39, 0.29) is 5.69 Å². The van der Waals surface area contributed by atoms with Gasteiger partial charge in [0.2, 0.25) is 0 Å². The Labute approximate surface area is 87.9 Å². The van der Waals surface area contributed by atoms with E-state index >= 15 is 0 Å². The summed E-state index contributed by atoms with van der Waals surface area (Å²) in [6, 6.07) is 0. The van der Waals surface area contributed by atoms with Crippen LogP contribution in [0.4, 0.5) is 5.82 Å². The Kier molecular flexibility index (Phi) is 4.10. The van der Waals surface area contributed by atoms with Gasteiger partial charge in [0, 0.05) is 0 Å². The number of rotatable bonds is 3. The molecule has 0 unspecified atom stereocenters. The van der Waals surface area contributed by atoms with Crippen molar-refractivity contribution >= 4 is 11.8 Å².